The lowest BCUT2D eigenvalue weighted by molar-refractivity contribution is 0.469. The Bertz CT molecular complexity index is 834. The lowest BCUT2D eigenvalue weighted by atomic mass is 9.69. The molecule has 1 heteroatoms. The number of hydrogen-bond acceptors (Lipinski definition) is 1. The maximum absolute atomic E-state index is 9.86. The number of phenols is 1. The predicted molar refractivity (Wildman–Crippen MR) is 98.6 cm³/mol. The number of phenolic OH excluding ortho intramolecular Hbond substituents is 1. The zero-order valence-electron chi connectivity index (χ0n) is 13.9. The van der Waals surface area contributed by atoms with Gasteiger partial charge >= 0.3 is 0 Å². The molecule has 1 aliphatic carbocycles. The smallest absolute Gasteiger partial charge is 0.115 e. The number of fused-ring (bicyclic) bond motifs is 1. The molecule has 0 saturated heterocycles. The Labute approximate surface area is 143 Å². The molecule has 4 rings (SSSR count). The van der Waals surface area contributed by atoms with Crippen LogP contribution in [0.15, 0.2) is 72.8 Å². The number of hydrogen-bond donors (Lipinski definition) is 1. The molecule has 0 aliphatic heterocycles. The quantitative estimate of drug-likeness (QED) is 0.656. The van der Waals surface area contributed by atoms with E-state index < -0.39 is 0 Å². The summed E-state index contributed by atoms with van der Waals surface area (Å²) in [4.78, 5) is 0. The summed E-state index contributed by atoms with van der Waals surface area (Å²) >= 11 is 0. The second kappa shape index (κ2) is 6.16. The third kappa shape index (κ3) is 2.71. The Morgan fingerprint density at radius 2 is 1.58 bits per heavy atom. The van der Waals surface area contributed by atoms with Gasteiger partial charge in [0.05, 0.1) is 0 Å². The average Bonchev–Trinajstić information content (AvgIpc) is 2.62. The molecule has 0 saturated carbocycles. The van der Waals surface area contributed by atoms with Crippen LogP contribution in [0.25, 0.3) is 0 Å². The SMILES string of the molecule is Cc1ccc(C2c3ccc(O)cc3CCC2c2ccccc2)cc1. The van der Waals surface area contributed by atoms with E-state index in [1.807, 2.05) is 12.1 Å². The molecule has 2 atom stereocenters. The molecular formula is C23H22O. The van der Waals surface area contributed by atoms with Crippen molar-refractivity contribution in [2.45, 2.75) is 31.6 Å². The van der Waals surface area contributed by atoms with E-state index in [9.17, 15) is 5.11 Å². The summed E-state index contributed by atoms with van der Waals surface area (Å²) in [5.41, 5.74) is 6.70. The van der Waals surface area contributed by atoms with Crippen LogP contribution < -0.4 is 0 Å². The van der Waals surface area contributed by atoms with Gasteiger partial charge in [-0.1, -0.05) is 66.2 Å². The lowest BCUT2D eigenvalue weighted by Crippen LogP contribution is -2.20. The summed E-state index contributed by atoms with van der Waals surface area (Å²) < 4.78 is 0. The minimum Gasteiger partial charge on any atom is -0.508 e. The first kappa shape index (κ1) is 15.0. The normalized spacial score (nSPS) is 19.7. The summed E-state index contributed by atoms with van der Waals surface area (Å²) in [5, 5.41) is 9.86. The van der Waals surface area contributed by atoms with Crippen LogP contribution in [0.5, 0.6) is 5.75 Å². The molecule has 120 valence electrons. The maximum Gasteiger partial charge on any atom is 0.115 e. The van der Waals surface area contributed by atoms with Crippen molar-refractivity contribution in [3.8, 4) is 5.75 Å². The molecule has 0 aromatic heterocycles. The van der Waals surface area contributed by atoms with E-state index in [0.29, 0.717) is 17.6 Å². The van der Waals surface area contributed by atoms with Crippen molar-refractivity contribution in [3.05, 3.63) is 101 Å². The van der Waals surface area contributed by atoms with Gasteiger partial charge in [0.2, 0.25) is 0 Å². The molecular weight excluding hydrogens is 292 g/mol. The van der Waals surface area contributed by atoms with E-state index in [1.54, 1.807) is 0 Å². The van der Waals surface area contributed by atoms with Crippen molar-refractivity contribution in [2.24, 2.45) is 0 Å². The lowest BCUT2D eigenvalue weighted by Gasteiger charge is -2.34. The van der Waals surface area contributed by atoms with E-state index in [0.717, 1.165) is 12.8 Å². The Morgan fingerprint density at radius 1 is 0.833 bits per heavy atom. The van der Waals surface area contributed by atoms with Crippen LogP contribution in [-0.2, 0) is 6.42 Å². The van der Waals surface area contributed by atoms with Crippen molar-refractivity contribution in [1.29, 1.82) is 0 Å². The fraction of sp³-hybridized carbons (Fsp3) is 0.217. The molecule has 0 spiro atoms. The molecule has 0 heterocycles. The number of aryl methyl sites for hydroxylation is 2. The van der Waals surface area contributed by atoms with E-state index in [1.165, 1.54) is 27.8 Å². The van der Waals surface area contributed by atoms with E-state index in [4.69, 9.17) is 0 Å². The standard InChI is InChI=1S/C23H22O/c1-16-7-9-18(10-8-16)23-21(17-5-3-2-4-6-17)13-11-19-15-20(24)12-14-22(19)23/h2-10,12,14-15,21,23-24H,11,13H2,1H3. The first-order valence-electron chi connectivity index (χ1n) is 8.65. The van der Waals surface area contributed by atoms with Gasteiger partial charge < -0.3 is 5.11 Å². The molecule has 3 aromatic carbocycles. The topological polar surface area (TPSA) is 20.2 Å². The Morgan fingerprint density at radius 3 is 2.33 bits per heavy atom. The minimum atomic E-state index is 0.345. The molecule has 1 nitrogen and oxygen atoms in total. The van der Waals surface area contributed by atoms with Gasteiger partial charge in [0.1, 0.15) is 5.75 Å². The minimum absolute atomic E-state index is 0.345. The molecule has 0 amide bonds. The van der Waals surface area contributed by atoms with Crippen molar-refractivity contribution in [3.63, 3.8) is 0 Å². The van der Waals surface area contributed by atoms with Crippen LogP contribution in [0, 0.1) is 6.92 Å². The fourth-order valence-corrected chi connectivity index (χ4v) is 4.05. The van der Waals surface area contributed by atoms with Gasteiger partial charge in [-0.3, -0.25) is 0 Å². The van der Waals surface area contributed by atoms with E-state index in [-0.39, 0.29) is 0 Å². The highest BCUT2D eigenvalue weighted by molar-refractivity contribution is 5.47. The summed E-state index contributed by atoms with van der Waals surface area (Å²) in [6.07, 6.45) is 2.13. The highest BCUT2D eigenvalue weighted by Crippen LogP contribution is 2.46. The van der Waals surface area contributed by atoms with Gasteiger partial charge in [-0.2, -0.15) is 0 Å². The van der Waals surface area contributed by atoms with E-state index in [2.05, 4.69) is 67.6 Å². The fourth-order valence-electron chi connectivity index (χ4n) is 4.05. The van der Waals surface area contributed by atoms with Crippen molar-refractivity contribution < 1.29 is 5.11 Å². The second-order valence-electron chi connectivity index (χ2n) is 6.83. The zero-order valence-corrected chi connectivity index (χ0v) is 13.9. The van der Waals surface area contributed by atoms with Crippen molar-refractivity contribution >= 4 is 0 Å². The number of rotatable bonds is 2. The molecule has 1 aliphatic rings. The number of aromatic hydroxyl groups is 1. The molecule has 0 radical (unpaired) electrons. The first-order valence-corrected chi connectivity index (χ1v) is 8.65. The van der Waals surface area contributed by atoms with Gasteiger partial charge in [0, 0.05) is 5.92 Å². The third-order valence-corrected chi connectivity index (χ3v) is 5.25. The van der Waals surface area contributed by atoms with Gasteiger partial charge in [-0.25, -0.2) is 0 Å². The summed E-state index contributed by atoms with van der Waals surface area (Å²) in [7, 11) is 0. The van der Waals surface area contributed by atoms with Gasteiger partial charge in [-0.05, 0) is 60.1 Å². The van der Waals surface area contributed by atoms with Gasteiger partial charge in [0.25, 0.3) is 0 Å². The third-order valence-electron chi connectivity index (χ3n) is 5.25. The Hall–Kier alpha value is -2.54. The van der Waals surface area contributed by atoms with Gasteiger partial charge in [0.15, 0.2) is 0 Å². The summed E-state index contributed by atoms with van der Waals surface area (Å²) in [6, 6.07) is 25.7. The number of benzene rings is 3. The molecule has 3 aromatic rings. The van der Waals surface area contributed by atoms with Crippen LogP contribution in [0.2, 0.25) is 0 Å². The predicted octanol–water partition coefficient (Wildman–Crippen LogP) is 5.56. The van der Waals surface area contributed by atoms with Gasteiger partial charge in [-0.15, -0.1) is 0 Å². The van der Waals surface area contributed by atoms with Crippen LogP contribution in [0.4, 0.5) is 0 Å². The van der Waals surface area contributed by atoms with Crippen LogP contribution >= 0.6 is 0 Å². The molecule has 0 bridgehead atoms. The van der Waals surface area contributed by atoms with Crippen LogP contribution in [-0.4, -0.2) is 5.11 Å². The second-order valence-corrected chi connectivity index (χ2v) is 6.83. The highest BCUT2D eigenvalue weighted by atomic mass is 16.3. The molecule has 2 unspecified atom stereocenters. The monoisotopic (exact) mass is 314 g/mol. The first-order chi connectivity index (χ1) is 11.7. The van der Waals surface area contributed by atoms with Crippen LogP contribution in [0.3, 0.4) is 0 Å². The average molecular weight is 314 g/mol. The largest absolute Gasteiger partial charge is 0.508 e. The Kier molecular flexibility index (Phi) is 3.86. The summed E-state index contributed by atoms with van der Waals surface area (Å²) in [6.45, 7) is 2.13. The van der Waals surface area contributed by atoms with Crippen molar-refractivity contribution in [1.82, 2.24) is 0 Å². The highest BCUT2D eigenvalue weighted by Gasteiger charge is 2.31. The molecule has 0 fully saturated rings. The maximum atomic E-state index is 9.86. The van der Waals surface area contributed by atoms with Crippen LogP contribution in [0.1, 0.15) is 46.1 Å². The molecule has 24 heavy (non-hydrogen) atoms. The summed E-state index contributed by atoms with van der Waals surface area (Å²) in [5.74, 6) is 1.19. The Balaban J connectivity index is 1.86. The molecule has 1 N–H and O–H groups in total. The van der Waals surface area contributed by atoms with Crippen molar-refractivity contribution in [2.75, 3.05) is 0 Å². The van der Waals surface area contributed by atoms with E-state index >= 15 is 0 Å². The zero-order chi connectivity index (χ0) is 16.5.